The Morgan fingerprint density at radius 2 is 1.30 bits per heavy atom. The zero-order chi connectivity index (χ0) is 16.6. The van der Waals surface area contributed by atoms with Gasteiger partial charge in [-0.05, 0) is 37.8 Å². The molecule has 0 unspecified atom stereocenters. The fraction of sp³-hybridized carbons (Fsp3) is 0.250. The molecule has 6 nitrogen and oxygen atoms in total. The predicted molar refractivity (Wildman–Crippen MR) is 91.5 cm³/mol. The zero-order valence-electron chi connectivity index (χ0n) is 13.1. The van der Waals surface area contributed by atoms with E-state index >= 15 is 0 Å². The van der Waals surface area contributed by atoms with Gasteiger partial charge in [0, 0.05) is 22.2 Å². The molecule has 23 heavy (non-hydrogen) atoms. The van der Waals surface area contributed by atoms with Crippen LogP contribution >= 0.6 is 11.8 Å². The molecule has 7 heteroatoms. The van der Waals surface area contributed by atoms with Crippen molar-refractivity contribution in [2.45, 2.75) is 24.7 Å². The van der Waals surface area contributed by atoms with Crippen molar-refractivity contribution in [2.24, 2.45) is 0 Å². The molecule has 0 saturated carbocycles. The van der Waals surface area contributed by atoms with Crippen LogP contribution in [0, 0.1) is 13.8 Å². The molecule has 3 rings (SSSR count). The van der Waals surface area contributed by atoms with Crippen molar-refractivity contribution >= 4 is 11.8 Å². The van der Waals surface area contributed by atoms with Crippen LogP contribution in [0.5, 0.6) is 0 Å². The molecule has 3 aromatic rings. The van der Waals surface area contributed by atoms with Crippen LogP contribution in [0.15, 0.2) is 38.8 Å². The van der Waals surface area contributed by atoms with Crippen LogP contribution in [0.2, 0.25) is 0 Å². The fourth-order valence-corrected chi connectivity index (χ4v) is 3.29. The molecule has 0 fully saturated rings. The minimum Gasteiger partial charge on any atom is -0.302 e. The molecule has 2 aromatic heterocycles. The highest BCUT2D eigenvalue weighted by atomic mass is 32.2. The number of hydrogen-bond acceptors (Lipinski definition) is 3. The second-order valence-corrected chi connectivity index (χ2v) is 6.32. The zero-order valence-corrected chi connectivity index (χ0v) is 13.9. The van der Waals surface area contributed by atoms with Gasteiger partial charge < -0.3 is 10.2 Å². The maximum atomic E-state index is 12.3. The molecule has 0 bridgehead atoms. The van der Waals surface area contributed by atoms with E-state index in [2.05, 4.69) is 20.4 Å². The van der Waals surface area contributed by atoms with E-state index in [9.17, 15) is 9.59 Å². The van der Waals surface area contributed by atoms with Gasteiger partial charge in [0.15, 0.2) is 0 Å². The van der Waals surface area contributed by atoms with Gasteiger partial charge in [-0.15, -0.1) is 11.8 Å². The van der Waals surface area contributed by atoms with Crippen molar-refractivity contribution in [3.63, 3.8) is 0 Å². The SMILES string of the molecule is CSc1ccc(C(c2c(C)[nH][nH]c2=O)c2c(C)[nH][nH]c2=O)cc1. The summed E-state index contributed by atoms with van der Waals surface area (Å²) in [4.78, 5) is 25.7. The number of nitrogens with one attached hydrogen (secondary N) is 4. The van der Waals surface area contributed by atoms with E-state index in [-0.39, 0.29) is 11.1 Å². The maximum Gasteiger partial charge on any atom is 0.268 e. The van der Waals surface area contributed by atoms with Gasteiger partial charge in [-0.25, -0.2) is 0 Å². The summed E-state index contributed by atoms with van der Waals surface area (Å²) in [5.41, 5.74) is 3.08. The van der Waals surface area contributed by atoms with E-state index in [1.807, 2.05) is 44.4 Å². The summed E-state index contributed by atoms with van der Waals surface area (Å²) in [5.74, 6) is -0.420. The van der Waals surface area contributed by atoms with Crippen LogP contribution in [0.4, 0.5) is 0 Å². The van der Waals surface area contributed by atoms with E-state index in [0.29, 0.717) is 11.1 Å². The standard InChI is InChI=1S/C16H18N4O2S/c1-8-12(15(21)19-17-8)14(13-9(2)18-20-16(13)22)10-4-6-11(23-3)7-5-10/h4-7,14H,1-3H3,(H2,17,19,21)(H2,18,20,22). The maximum absolute atomic E-state index is 12.3. The second kappa shape index (κ2) is 6.00. The third-order valence-electron chi connectivity index (χ3n) is 4.05. The van der Waals surface area contributed by atoms with Crippen LogP contribution in [0.3, 0.4) is 0 Å². The van der Waals surface area contributed by atoms with E-state index < -0.39 is 5.92 Å². The van der Waals surface area contributed by atoms with Gasteiger partial charge in [0.1, 0.15) is 0 Å². The smallest absolute Gasteiger partial charge is 0.268 e. The Morgan fingerprint density at radius 3 is 1.65 bits per heavy atom. The summed E-state index contributed by atoms with van der Waals surface area (Å²) in [7, 11) is 0. The Hall–Kier alpha value is -2.41. The number of benzene rings is 1. The van der Waals surface area contributed by atoms with E-state index in [1.165, 1.54) is 0 Å². The molecular formula is C16H18N4O2S. The summed E-state index contributed by atoms with van der Waals surface area (Å²) >= 11 is 1.65. The van der Waals surface area contributed by atoms with Crippen LogP contribution < -0.4 is 11.1 Å². The molecule has 0 spiro atoms. The average Bonchev–Trinajstić information content (AvgIpc) is 3.05. The minimum atomic E-state index is -0.420. The third-order valence-corrected chi connectivity index (χ3v) is 4.79. The Balaban J connectivity index is 2.26. The van der Waals surface area contributed by atoms with Crippen LogP contribution in [0.25, 0.3) is 0 Å². The quantitative estimate of drug-likeness (QED) is 0.552. The largest absolute Gasteiger partial charge is 0.302 e. The van der Waals surface area contributed by atoms with E-state index in [4.69, 9.17) is 0 Å². The lowest BCUT2D eigenvalue weighted by atomic mass is 9.85. The van der Waals surface area contributed by atoms with Crippen molar-refractivity contribution in [1.82, 2.24) is 20.4 Å². The fourth-order valence-electron chi connectivity index (χ4n) is 2.88. The Kier molecular flexibility index (Phi) is 4.04. The first-order valence-corrected chi connectivity index (χ1v) is 8.43. The normalized spacial score (nSPS) is 11.3. The van der Waals surface area contributed by atoms with Crippen LogP contribution in [0.1, 0.15) is 34.0 Å². The number of rotatable bonds is 4. The van der Waals surface area contributed by atoms with Gasteiger partial charge in [0.25, 0.3) is 11.1 Å². The summed E-state index contributed by atoms with van der Waals surface area (Å²) in [5, 5.41) is 10.9. The number of H-pyrrole nitrogens is 4. The second-order valence-electron chi connectivity index (χ2n) is 5.44. The van der Waals surface area contributed by atoms with E-state index in [0.717, 1.165) is 21.8 Å². The molecule has 0 aliphatic rings. The molecule has 0 radical (unpaired) electrons. The molecule has 0 amide bonds. The first-order chi connectivity index (χ1) is 11.0. The van der Waals surface area contributed by atoms with Gasteiger partial charge in [-0.2, -0.15) is 0 Å². The molecule has 2 heterocycles. The summed E-state index contributed by atoms with van der Waals surface area (Å²) in [6.45, 7) is 3.65. The van der Waals surface area contributed by atoms with Crippen molar-refractivity contribution in [3.05, 3.63) is 73.1 Å². The molecule has 120 valence electrons. The highest BCUT2D eigenvalue weighted by Gasteiger charge is 2.27. The Bertz CT molecular complexity index is 876. The monoisotopic (exact) mass is 330 g/mol. The van der Waals surface area contributed by atoms with Crippen molar-refractivity contribution in [2.75, 3.05) is 6.26 Å². The lowest BCUT2D eigenvalue weighted by Crippen LogP contribution is -2.20. The summed E-state index contributed by atoms with van der Waals surface area (Å²) < 4.78 is 0. The summed E-state index contributed by atoms with van der Waals surface area (Å²) in [6, 6.07) is 7.93. The molecule has 0 atom stereocenters. The Labute approximate surface area is 136 Å². The molecule has 0 aliphatic carbocycles. The first-order valence-electron chi connectivity index (χ1n) is 7.21. The van der Waals surface area contributed by atoms with Gasteiger partial charge in [0.2, 0.25) is 0 Å². The van der Waals surface area contributed by atoms with E-state index in [1.54, 1.807) is 11.8 Å². The predicted octanol–water partition coefficient (Wildman–Crippen LogP) is 2.24. The van der Waals surface area contributed by atoms with Crippen LogP contribution in [-0.4, -0.2) is 26.7 Å². The lowest BCUT2D eigenvalue weighted by Gasteiger charge is -2.16. The van der Waals surface area contributed by atoms with Crippen molar-refractivity contribution < 1.29 is 0 Å². The number of aromatic amines is 4. The average molecular weight is 330 g/mol. The highest BCUT2D eigenvalue weighted by molar-refractivity contribution is 7.98. The van der Waals surface area contributed by atoms with Crippen molar-refractivity contribution in [3.8, 4) is 0 Å². The van der Waals surface area contributed by atoms with Gasteiger partial charge in [-0.1, -0.05) is 12.1 Å². The lowest BCUT2D eigenvalue weighted by molar-refractivity contribution is 0.929. The molecule has 0 aliphatic heterocycles. The van der Waals surface area contributed by atoms with Gasteiger partial charge in [0.05, 0.1) is 11.1 Å². The molecular weight excluding hydrogens is 312 g/mol. The summed E-state index contributed by atoms with van der Waals surface area (Å²) in [6.07, 6.45) is 2.01. The Morgan fingerprint density at radius 1 is 0.826 bits per heavy atom. The van der Waals surface area contributed by atoms with Gasteiger partial charge >= 0.3 is 0 Å². The number of thioether (sulfide) groups is 1. The van der Waals surface area contributed by atoms with Gasteiger partial charge in [-0.3, -0.25) is 19.8 Å². The topological polar surface area (TPSA) is 97.3 Å². The van der Waals surface area contributed by atoms with Crippen molar-refractivity contribution in [1.29, 1.82) is 0 Å². The minimum absolute atomic E-state index is 0.207. The molecule has 4 N–H and O–H groups in total. The number of aromatic nitrogens is 4. The number of aryl methyl sites for hydroxylation is 2. The third kappa shape index (κ3) is 2.68. The molecule has 1 aromatic carbocycles. The molecule has 0 saturated heterocycles. The number of hydrogen-bond donors (Lipinski definition) is 4. The first kappa shape index (κ1) is 15.5. The highest BCUT2D eigenvalue weighted by Crippen LogP contribution is 2.31. The van der Waals surface area contributed by atoms with Crippen LogP contribution in [-0.2, 0) is 0 Å².